The van der Waals surface area contributed by atoms with E-state index in [-0.39, 0.29) is 65.6 Å². The SMILES string of the molecule is CC(N=C(CCc1noc2c1C(=O)CC(C)(C)C2)C1=C(O)CC(c2ccccc2)CC1=O)C(=O)O. The third-order valence-electron chi connectivity index (χ3n) is 6.69. The lowest BCUT2D eigenvalue weighted by molar-refractivity contribution is -0.138. The van der Waals surface area contributed by atoms with Crippen LogP contribution in [0, 0.1) is 5.41 Å². The van der Waals surface area contributed by atoms with E-state index in [1.54, 1.807) is 0 Å². The molecule has 1 aromatic heterocycles. The number of rotatable bonds is 7. The van der Waals surface area contributed by atoms with E-state index in [0.29, 0.717) is 29.9 Å². The number of benzene rings is 1. The maximum absolute atomic E-state index is 13.2. The summed E-state index contributed by atoms with van der Waals surface area (Å²) < 4.78 is 5.46. The van der Waals surface area contributed by atoms with Crippen LogP contribution in [0.4, 0.5) is 0 Å². The van der Waals surface area contributed by atoms with Crippen LogP contribution in [-0.4, -0.2) is 44.7 Å². The quantitative estimate of drug-likeness (QED) is 0.555. The molecule has 0 saturated carbocycles. The molecule has 4 rings (SSSR count). The number of carbonyl (C=O) groups is 3. The van der Waals surface area contributed by atoms with Crippen LogP contribution < -0.4 is 0 Å². The van der Waals surface area contributed by atoms with Gasteiger partial charge in [0.2, 0.25) is 0 Å². The fourth-order valence-electron chi connectivity index (χ4n) is 4.95. The average molecular weight is 479 g/mol. The summed E-state index contributed by atoms with van der Waals surface area (Å²) in [5, 5.41) is 24.4. The molecular formula is C27H30N2O6. The number of aliphatic imine (C=N–C) groups is 1. The Kier molecular flexibility index (Phi) is 6.74. The number of aromatic nitrogens is 1. The predicted molar refractivity (Wildman–Crippen MR) is 129 cm³/mol. The number of aliphatic hydroxyl groups is 1. The van der Waals surface area contributed by atoms with E-state index in [4.69, 9.17) is 4.52 Å². The second-order valence-corrected chi connectivity index (χ2v) is 10.2. The van der Waals surface area contributed by atoms with Gasteiger partial charge in [-0.1, -0.05) is 49.3 Å². The minimum absolute atomic E-state index is 0.0357. The number of carboxylic acid groups (broad SMARTS) is 1. The van der Waals surface area contributed by atoms with Crippen LogP contribution in [0.1, 0.15) is 79.7 Å². The van der Waals surface area contributed by atoms with Gasteiger partial charge in [-0.2, -0.15) is 0 Å². The maximum Gasteiger partial charge on any atom is 0.328 e. The first kappa shape index (κ1) is 24.6. The van der Waals surface area contributed by atoms with Crippen molar-refractivity contribution in [2.75, 3.05) is 0 Å². The van der Waals surface area contributed by atoms with Crippen LogP contribution >= 0.6 is 0 Å². The molecule has 2 aliphatic rings. The first-order valence-corrected chi connectivity index (χ1v) is 11.9. The highest BCUT2D eigenvalue weighted by Gasteiger charge is 2.37. The van der Waals surface area contributed by atoms with Crippen molar-refractivity contribution in [2.24, 2.45) is 10.4 Å². The molecule has 0 aliphatic heterocycles. The molecule has 0 bridgehead atoms. The summed E-state index contributed by atoms with van der Waals surface area (Å²) in [5.74, 6) is -1.14. The molecule has 0 radical (unpaired) electrons. The molecular weight excluding hydrogens is 448 g/mol. The number of aryl methyl sites for hydroxylation is 1. The predicted octanol–water partition coefficient (Wildman–Crippen LogP) is 4.64. The molecule has 8 heteroatoms. The third kappa shape index (κ3) is 5.26. The van der Waals surface area contributed by atoms with Gasteiger partial charge in [0.15, 0.2) is 11.6 Å². The van der Waals surface area contributed by atoms with E-state index in [0.717, 1.165) is 5.56 Å². The standard InChI is InChI=1S/C27H30N2O6/c1-15(26(33)34)28-18(9-10-19-25-22(32)13-27(2,3)14-23(25)35-29-19)24-20(30)11-17(12-21(24)31)16-7-5-4-6-8-16/h4-8,15,17,30H,9-14H2,1-3H3,(H,33,34). The fraction of sp³-hybridized carbons (Fsp3) is 0.444. The van der Waals surface area contributed by atoms with Gasteiger partial charge in [-0.25, -0.2) is 4.79 Å². The van der Waals surface area contributed by atoms with Crippen molar-refractivity contribution in [2.45, 2.75) is 71.3 Å². The van der Waals surface area contributed by atoms with Crippen molar-refractivity contribution in [1.82, 2.24) is 5.16 Å². The highest BCUT2D eigenvalue weighted by atomic mass is 16.5. The first-order valence-electron chi connectivity index (χ1n) is 11.9. The summed E-state index contributed by atoms with van der Waals surface area (Å²) in [6.45, 7) is 5.42. The average Bonchev–Trinajstić information content (AvgIpc) is 3.19. The highest BCUT2D eigenvalue weighted by molar-refractivity contribution is 6.23. The number of aliphatic carboxylic acids is 1. The van der Waals surface area contributed by atoms with Crippen LogP contribution in [-0.2, 0) is 22.4 Å². The smallest absolute Gasteiger partial charge is 0.328 e. The molecule has 2 unspecified atom stereocenters. The number of ketones is 2. The number of fused-ring (bicyclic) bond motifs is 1. The zero-order valence-corrected chi connectivity index (χ0v) is 20.2. The normalized spacial score (nSPS) is 21.1. The summed E-state index contributed by atoms with van der Waals surface area (Å²) in [7, 11) is 0. The summed E-state index contributed by atoms with van der Waals surface area (Å²) in [6, 6.07) is 8.41. The highest BCUT2D eigenvalue weighted by Crippen LogP contribution is 2.37. The van der Waals surface area contributed by atoms with Crippen molar-refractivity contribution in [1.29, 1.82) is 0 Å². The van der Waals surface area contributed by atoms with Crippen LogP contribution in [0.3, 0.4) is 0 Å². The molecule has 2 aromatic rings. The van der Waals surface area contributed by atoms with Gasteiger partial charge in [-0.3, -0.25) is 14.6 Å². The number of carbonyl (C=O) groups excluding carboxylic acids is 2. The lowest BCUT2D eigenvalue weighted by Crippen LogP contribution is -2.27. The van der Waals surface area contributed by atoms with Crippen LogP contribution in [0.5, 0.6) is 0 Å². The number of carboxylic acids is 1. The Balaban J connectivity index is 1.62. The lowest BCUT2D eigenvalue weighted by atomic mass is 9.75. The van der Waals surface area contributed by atoms with Crippen molar-refractivity contribution in [3.8, 4) is 0 Å². The van der Waals surface area contributed by atoms with Gasteiger partial charge < -0.3 is 14.7 Å². The Hall–Kier alpha value is -3.55. The largest absolute Gasteiger partial charge is 0.511 e. The molecule has 35 heavy (non-hydrogen) atoms. The fourth-order valence-corrected chi connectivity index (χ4v) is 4.95. The monoisotopic (exact) mass is 478 g/mol. The Morgan fingerprint density at radius 3 is 2.54 bits per heavy atom. The van der Waals surface area contributed by atoms with Gasteiger partial charge in [-0.15, -0.1) is 0 Å². The van der Waals surface area contributed by atoms with Crippen molar-refractivity contribution < 1.29 is 29.1 Å². The van der Waals surface area contributed by atoms with E-state index in [1.807, 2.05) is 44.2 Å². The zero-order chi connectivity index (χ0) is 25.3. The third-order valence-corrected chi connectivity index (χ3v) is 6.69. The number of hydrogen-bond acceptors (Lipinski definition) is 7. The van der Waals surface area contributed by atoms with Gasteiger partial charge in [0, 0.05) is 25.7 Å². The first-order chi connectivity index (χ1) is 16.6. The molecule has 184 valence electrons. The summed E-state index contributed by atoms with van der Waals surface area (Å²) in [6.07, 6.45) is 1.83. The van der Waals surface area contributed by atoms with Gasteiger partial charge in [0.1, 0.15) is 17.6 Å². The van der Waals surface area contributed by atoms with Crippen LogP contribution in [0.25, 0.3) is 0 Å². The molecule has 2 N–H and O–H groups in total. The summed E-state index contributed by atoms with van der Waals surface area (Å²) in [4.78, 5) is 41.7. The van der Waals surface area contributed by atoms with Gasteiger partial charge >= 0.3 is 5.97 Å². The van der Waals surface area contributed by atoms with Gasteiger partial charge in [-0.05, 0) is 36.7 Å². The Labute approximate surface area is 203 Å². The topological polar surface area (TPSA) is 130 Å². The maximum atomic E-state index is 13.2. The van der Waals surface area contributed by atoms with Gasteiger partial charge in [0.05, 0.1) is 22.5 Å². The number of aliphatic hydroxyl groups excluding tert-OH is 1. The Morgan fingerprint density at radius 2 is 1.89 bits per heavy atom. The van der Waals surface area contributed by atoms with Crippen molar-refractivity contribution >= 4 is 23.2 Å². The minimum Gasteiger partial charge on any atom is -0.511 e. The summed E-state index contributed by atoms with van der Waals surface area (Å²) >= 11 is 0. The van der Waals surface area contributed by atoms with E-state index in [1.165, 1.54) is 6.92 Å². The molecule has 1 aromatic carbocycles. The summed E-state index contributed by atoms with van der Waals surface area (Å²) in [5.41, 5.74) is 2.00. The molecule has 0 spiro atoms. The van der Waals surface area contributed by atoms with Crippen molar-refractivity contribution in [3.63, 3.8) is 0 Å². The van der Waals surface area contributed by atoms with E-state index in [9.17, 15) is 24.6 Å². The minimum atomic E-state index is -1.13. The molecule has 0 fully saturated rings. The zero-order valence-electron chi connectivity index (χ0n) is 20.2. The number of nitrogens with zero attached hydrogens (tertiary/aromatic N) is 2. The number of Topliss-reactive ketones (excluding diaryl/α,β-unsaturated/α-hetero) is 2. The van der Waals surface area contributed by atoms with Crippen molar-refractivity contribution in [3.05, 3.63) is 64.2 Å². The number of hydrogen-bond donors (Lipinski definition) is 2. The second kappa shape index (κ2) is 9.60. The van der Waals surface area contributed by atoms with E-state index >= 15 is 0 Å². The van der Waals surface area contributed by atoms with Gasteiger partial charge in [0.25, 0.3) is 0 Å². The van der Waals surface area contributed by atoms with Crippen LogP contribution in [0.2, 0.25) is 0 Å². The second-order valence-electron chi connectivity index (χ2n) is 10.2. The Morgan fingerprint density at radius 1 is 1.17 bits per heavy atom. The molecule has 1 heterocycles. The van der Waals surface area contributed by atoms with E-state index < -0.39 is 12.0 Å². The molecule has 2 aliphatic carbocycles. The lowest BCUT2D eigenvalue weighted by Gasteiger charge is -2.26. The molecule has 0 amide bonds. The number of allylic oxidation sites excluding steroid dienone is 2. The van der Waals surface area contributed by atoms with E-state index in [2.05, 4.69) is 10.1 Å². The Bertz CT molecular complexity index is 1220. The molecule has 2 atom stereocenters. The molecule has 0 saturated heterocycles. The van der Waals surface area contributed by atoms with Crippen LogP contribution in [0.15, 0.2) is 51.2 Å². The molecule has 8 nitrogen and oxygen atoms in total.